The number of amides is 1. The van der Waals surface area contributed by atoms with Gasteiger partial charge in [0.05, 0.1) is 7.11 Å². The van der Waals surface area contributed by atoms with E-state index in [1.165, 1.54) is 0 Å². The van der Waals surface area contributed by atoms with E-state index in [-0.39, 0.29) is 5.91 Å². The van der Waals surface area contributed by atoms with Crippen LogP contribution in [0.25, 0.3) is 0 Å². The number of hydrogen-bond acceptors (Lipinski definition) is 4. The summed E-state index contributed by atoms with van der Waals surface area (Å²) >= 11 is 1.54. The Kier molecular flexibility index (Phi) is 4.46. The predicted octanol–water partition coefficient (Wildman–Crippen LogP) is 2.00. The fourth-order valence-electron chi connectivity index (χ4n) is 2.58. The molecule has 1 heterocycles. The molecule has 2 N–H and O–H groups in total. The van der Waals surface area contributed by atoms with Gasteiger partial charge in [0.1, 0.15) is 11.3 Å². The molecule has 1 unspecified atom stereocenters. The Morgan fingerprint density at radius 2 is 1.95 bits per heavy atom. The highest BCUT2D eigenvalue weighted by Gasteiger charge is 2.43. The molecule has 0 spiro atoms. The van der Waals surface area contributed by atoms with E-state index in [4.69, 9.17) is 4.74 Å². The van der Waals surface area contributed by atoms with Crippen LogP contribution in [0.4, 0.5) is 0 Å². The smallest absolute Gasteiger partial charge is 0.330 e. The lowest BCUT2D eigenvalue weighted by Crippen LogP contribution is -2.54. The zero-order valence-electron chi connectivity index (χ0n) is 12.4. The van der Waals surface area contributed by atoms with Crippen molar-refractivity contribution in [3.05, 3.63) is 28.8 Å². The number of nitrogens with one attached hydrogen (secondary N) is 1. The molecule has 0 aromatic heterocycles. The van der Waals surface area contributed by atoms with Gasteiger partial charge in [-0.15, -0.1) is 0 Å². The van der Waals surface area contributed by atoms with Crippen LogP contribution in [-0.2, 0) is 4.79 Å². The van der Waals surface area contributed by atoms with Crippen molar-refractivity contribution in [2.75, 3.05) is 18.6 Å². The van der Waals surface area contributed by atoms with Crippen molar-refractivity contribution in [1.29, 1.82) is 0 Å². The summed E-state index contributed by atoms with van der Waals surface area (Å²) in [5, 5.41) is 12.1. The van der Waals surface area contributed by atoms with Gasteiger partial charge in [-0.25, -0.2) is 4.79 Å². The first-order valence-electron chi connectivity index (χ1n) is 6.68. The predicted molar refractivity (Wildman–Crippen MR) is 82.2 cm³/mol. The number of hydrogen-bond donors (Lipinski definition) is 2. The van der Waals surface area contributed by atoms with Crippen LogP contribution in [-0.4, -0.2) is 41.1 Å². The molecular weight excluding hydrogens is 290 g/mol. The molecule has 0 aliphatic carbocycles. The van der Waals surface area contributed by atoms with Crippen LogP contribution in [0, 0.1) is 13.8 Å². The number of carbonyl (C=O) groups is 2. The van der Waals surface area contributed by atoms with Crippen molar-refractivity contribution in [3.8, 4) is 5.75 Å². The quantitative estimate of drug-likeness (QED) is 0.890. The molecule has 21 heavy (non-hydrogen) atoms. The lowest BCUT2D eigenvalue weighted by atomic mass is 9.97. The first kappa shape index (κ1) is 15.7. The van der Waals surface area contributed by atoms with Gasteiger partial charge in [-0.3, -0.25) is 4.79 Å². The number of aliphatic carboxylic acids is 1. The average Bonchev–Trinajstić information content (AvgIpc) is 2.88. The highest BCUT2D eigenvalue weighted by atomic mass is 32.2. The molecule has 1 aliphatic rings. The summed E-state index contributed by atoms with van der Waals surface area (Å²) in [7, 11) is 1.59. The number of benzene rings is 1. The molecule has 1 aromatic rings. The lowest BCUT2D eigenvalue weighted by Gasteiger charge is -2.25. The van der Waals surface area contributed by atoms with Crippen LogP contribution in [0.3, 0.4) is 0 Å². The van der Waals surface area contributed by atoms with Crippen LogP contribution in [0.1, 0.15) is 27.9 Å². The molecule has 0 bridgehead atoms. The zero-order chi connectivity index (χ0) is 15.6. The number of carbonyl (C=O) groups excluding carboxylic acids is 1. The minimum Gasteiger partial charge on any atom is -0.496 e. The van der Waals surface area contributed by atoms with Crippen LogP contribution in [0.2, 0.25) is 0 Å². The van der Waals surface area contributed by atoms with Gasteiger partial charge in [0.15, 0.2) is 0 Å². The summed E-state index contributed by atoms with van der Waals surface area (Å²) in [4.78, 5) is 23.9. The molecule has 1 aromatic carbocycles. The summed E-state index contributed by atoms with van der Waals surface area (Å²) in [5.41, 5.74) is 1.02. The normalized spacial score (nSPS) is 21.1. The molecule has 114 valence electrons. The first-order valence-corrected chi connectivity index (χ1v) is 7.84. The van der Waals surface area contributed by atoms with E-state index in [0.29, 0.717) is 17.7 Å². The van der Waals surface area contributed by atoms with Gasteiger partial charge >= 0.3 is 5.97 Å². The SMILES string of the molecule is COc1c(C)cc(C(=O)NC2(C(=O)O)CCSC2)cc1C. The number of carboxylic acids is 1. The molecule has 2 rings (SSSR count). The maximum atomic E-state index is 12.4. The van der Waals surface area contributed by atoms with Crippen molar-refractivity contribution in [2.24, 2.45) is 0 Å². The van der Waals surface area contributed by atoms with Crippen LogP contribution in [0.15, 0.2) is 12.1 Å². The number of thioether (sulfide) groups is 1. The second-order valence-electron chi connectivity index (χ2n) is 5.29. The minimum atomic E-state index is -1.15. The second kappa shape index (κ2) is 5.97. The fraction of sp³-hybridized carbons (Fsp3) is 0.467. The summed E-state index contributed by atoms with van der Waals surface area (Å²) in [6.07, 6.45) is 0.451. The monoisotopic (exact) mass is 309 g/mol. The van der Waals surface area contributed by atoms with E-state index in [2.05, 4.69) is 5.32 Å². The van der Waals surface area contributed by atoms with E-state index in [1.807, 2.05) is 13.8 Å². The molecular formula is C15H19NO4S. The molecule has 1 amide bonds. The molecule has 6 heteroatoms. The Morgan fingerprint density at radius 3 is 2.38 bits per heavy atom. The number of aryl methyl sites for hydroxylation is 2. The first-order chi connectivity index (χ1) is 9.89. The molecule has 1 fully saturated rings. The van der Waals surface area contributed by atoms with Crippen molar-refractivity contribution in [3.63, 3.8) is 0 Å². The van der Waals surface area contributed by atoms with E-state index < -0.39 is 11.5 Å². The van der Waals surface area contributed by atoms with Gasteiger partial charge in [-0.05, 0) is 49.3 Å². The zero-order valence-corrected chi connectivity index (χ0v) is 13.2. The third-order valence-corrected chi connectivity index (χ3v) is 4.90. The second-order valence-corrected chi connectivity index (χ2v) is 6.39. The van der Waals surface area contributed by atoms with Crippen LogP contribution < -0.4 is 10.1 Å². The third-order valence-electron chi connectivity index (χ3n) is 3.71. The fourth-order valence-corrected chi connectivity index (χ4v) is 3.90. The molecule has 1 aliphatic heterocycles. The van der Waals surface area contributed by atoms with Gasteiger partial charge < -0.3 is 15.2 Å². The van der Waals surface area contributed by atoms with Gasteiger partial charge in [-0.2, -0.15) is 11.8 Å². The van der Waals surface area contributed by atoms with Gasteiger partial charge in [0.25, 0.3) is 5.91 Å². The van der Waals surface area contributed by atoms with E-state index in [1.54, 1.807) is 31.0 Å². The summed E-state index contributed by atoms with van der Waals surface area (Å²) < 4.78 is 5.27. The largest absolute Gasteiger partial charge is 0.496 e. The topological polar surface area (TPSA) is 75.6 Å². The Labute approximate surface area is 128 Å². The number of carboxylic acid groups (broad SMARTS) is 1. The van der Waals surface area contributed by atoms with Crippen molar-refractivity contribution >= 4 is 23.6 Å². The maximum absolute atomic E-state index is 12.4. The highest BCUT2D eigenvalue weighted by molar-refractivity contribution is 7.99. The van der Waals surface area contributed by atoms with E-state index >= 15 is 0 Å². The Bertz CT molecular complexity index is 556. The Hall–Kier alpha value is -1.69. The minimum absolute atomic E-state index is 0.353. The van der Waals surface area contributed by atoms with Crippen molar-refractivity contribution in [1.82, 2.24) is 5.32 Å². The number of rotatable bonds is 4. The third kappa shape index (κ3) is 3.00. The molecule has 0 radical (unpaired) electrons. The van der Waals surface area contributed by atoms with E-state index in [0.717, 1.165) is 22.6 Å². The number of ether oxygens (including phenoxy) is 1. The van der Waals surface area contributed by atoms with Crippen LogP contribution >= 0.6 is 11.8 Å². The Morgan fingerprint density at radius 1 is 1.33 bits per heavy atom. The standard InChI is InChI=1S/C15H19NO4S/c1-9-6-11(7-10(2)12(9)20-3)13(17)16-15(14(18)19)4-5-21-8-15/h6-7H,4-5,8H2,1-3H3,(H,16,17)(H,18,19). The summed E-state index contributed by atoms with van der Waals surface area (Å²) in [6, 6.07) is 3.44. The van der Waals surface area contributed by atoms with Crippen molar-refractivity contribution < 1.29 is 19.4 Å². The summed E-state index contributed by atoms with van der Waals surface area (Å²) in [6.45, 7) is 3.72. The lowest BCUT2D eigenvalue weighted by molar-refractivity contribution is -0.143. The highest BCUT2D eigenvalue weighted by Crippen LogP contribution is 2.29. The van der Waals surface area contributed by atoms with Gasteiger partial charge in [-0.1, -0.05) is 0 Å². The average molecular weight is 309 g/mol. The van der Waals surface area contributed by atoms with Crippen molar-refractivity contribution in [2.45, 2.75) is 25.8 Å². The molecule has 1 atom stereocenters. The molecule has 5 nitrogen and oxygen atoms in total. The molecule has 0 saturated carbocycles. The van der Waals surface area contributed by atoms with E-state index in [9.17, 15) is 14.7 Å². The maximum Gasteiger partial charge on any atom is 0.330 e. The van der Waals surface area contributed by atoms with Crippen LogP contribution in [0.5, 0.6) is 5.75 Å². The number of methoxy groups -OCH3 is 1. The molecule has 1 saturated heterocycles. The van der Waals surface area contributed by atoms with Gasteiger partial charge in [0.2, 0.25) is 0 Å². The van der Waals surface area contributed by atoms with Gasteiger partial charge in [0, 0.05) is 11.3 Å². The Balaban J connectivity index is 2.26. The summed E-state index contributed by atoms with van der Waals surface area (Å²) in [5.74, 6) is 0.572.